The van der Waals surface area contributed by atoms with Crippen LogP contribution in [0.15, 0.2) is 0 Å². The van der Waals surface area contributed by atoms with Gasteiger partial charge in [0, 0.05) is 12.6 Å². The molecule has 2 heteroatoms. The molecule has 4 bridgehead atoms. The average Bonchev–Trinajstić information content (AvgIpc) is 2.86. The summed E-state index contributed by atoms with van der Waals surface area (Å²) in [5, 5.41) is 0. The summed E-state index contributed by atoms with van der Waals surface area (Å²) in [6.07, 6.45) is 10.6. The zero-order chi connectivity index (χ0) is 12.1. The highest BCUT2D eigenvalue weighted by atomic mass is 15.2. The van der Waals surface area contributed by atoms with E-state index >= 15 is 0 Å². The maximum atomic E-state index is 6.19. The molecule has 102 valence electrons. The molecule has 4 aliphatic carbocycles. The summed E-state index contributed by atoms with van der Waals surface area (Å²) in [5.41, 5.74) is 6.19. The van der Waals surface area contributed by atoms with E-state index in [1.807, 2.05) is 0 Å². The minimum Gasteiger partial charge on any atom is -0.329 e. The highest BCUT2D eigenvalue weighted by molar-refractivity contribution is 5.02. The van der Waals surface area contributed by atoms with Crippen molar-refractivity contribution in [3.05, 3.63) is 0 Å². The van der Waals surface area contributed by atoms with Crippen LogP contribution in [0.25, 0.3) is 0 Å². The molecule has 5 aliphatic rings. The second-order valence-electron chi connectivity index (χ2n) is 7.55. The first-order chi connectivity index (χ1) is 8.85. The summed E-state index contributed by atoms with van der Waals surface area (Å²) in [7, 11) is 0. The number of nitrogens with two attached hydrogens (primary N) is 1. The Morgan fingerprint density at radius 2 is 1.44 bits per heavy atom. The standard InChI is InChI=1S/C16H28N2/c17-10-15(18-3-1-2-4-18)16-13-6-11-5-12(8-13)9-14(16)7-11/h11-16H,1-10,17H2. The van der Waals surface area contributed by atoms with E-state index in [2.05, 4.69) is 4.90 Å². The molecule has 4 saturated carbocycles. The smallest absolute Gasteiger partial charge is 0.0251 e. The molecule has 18 heavy (non-hydrogen) atoms. The van der Waals surface area contributed by atoms with Gasteiger partial charge in [-0.15, -0.1) is 0 Å². The third-order valence-electron chi connectivity index (χ3n) is 6.60. The number of hydrogen-bond acceptors (Lipinski definition) is 2. The first kappa shape index (κ1) is 11.7. The molecule has 5 rings (SSSR count). The van der Waals surface area contributed by atoms with Gasteiger partial charge in [-0.3, -0.25) is 4.90 Å². The Kier molecular flexibility index (Phi) is 2.92. The molecular weight excluding hydrogens is 220 g/mol. The Morgan fingerprint density at radius 1 is 0.889 bits per heavy atom. The lowest BCUT2D eigenvalue weighted by Gasteiger charge is -2.57. The van der Waals surface area contributed by atoms with Gasteiger partial charge in [-0.1, -0.05) is 0 Å². The first-order valence-corrected chi connectivity index (χ1v) is 8.29. The Hall–Kier alpha value is -0.0800. The average molecular weight is 248 g/mol. The SMILES string of the molecule is NCC(C1C2CC3CC(C2)CC1C3)N1CCCC1. The molecule has 2 N–H and O–H groups in total. The molecule has 0 radical (unpaired) electrons. The monoisotopic (exact) mass is 248 g/mol. The van der Waals surface area contributed by atoms with Crippen molar-refractivity contribution in [2.45, 2.75) is 51.0 Å². The van der Waals surface area contributed by atoms with Gasteiger partial charge < -0.3 is 5.73 Å². The van der Waals surface area contributed by atoms with Gasteiger partial charge >= 0.3 is 0 Å². The topological polar surface area (TPSA) is 29.3 Å². The third kappa shape index (κ3) is 1.76. The van der Waals surface area contributed by atoms with Gasteiger partial charge in [-0.2, -0.15) is 0 Å². The maximum Gasteiger partial charge on any atom is 0.0251 e. The summed E-state index contributed by atoms with van der Waals surface area (Å²) in [4.78, 5) is 2.74. The summed E-state index contributed by atoms with van der Waals surface area (Å²) < 4.78 is 0. The van der Waals surface area contributed by atoms with Gasteiger partial charge in [0.25, 0.3) is 0 Å². The van der Waals surface area contributed by atoms with E-state index in [-0.39, 0.29) is 0 Å². The summed E-state index contributed by atoms with van der Waals surface area (Å²) in [6.45, 7) is 3.56. The molecule has 0 aromatic heterocycles. The van der Waals surface area contributed by atoms with E-state index < -0.39 is 0 Å². The van der Waals surface area contributed by atoms with Crippen LogP contribution in [-0.4, -0.2) is 30.6 Å². The molecule has 1 aliphatic heterocycles. The van der Waals surface area contributed by atoms with Crippen LogP contribution in [0.1, 0.15) is 44.9 Å². The van der Waals surface area contributed by atoms with Crippen molar-refractivity contribution in [1.82, 2.24) is 4.90 Å². The molecule has 1 saturated heterocycles. The minimum absolute atomic E-state index is 0.725. The van der Waals surface area contributed by atoms with Crippen LogP contribution in [0.3, 0.4) is 0 Å². The molecule has 0 amide bonds. The van der Waals surface area contributed by atoms with Gasteiger partial charge in [0.2, 0.25) is 0 Å². The number of nitrogens with zero attached hydrogens (tertiary/aromatic N) is 1. The number of likely N-dealkylation sites (tertiary alicyclic amines) is 1. The van der Waals surface area contributed by atoms with Crippen molar-refractivity contribution >= 4 is 0 Å². The Labute approximate surface area is 111 Å². The second kappa shape index (κ2) is 4.49. The van der Waals surface area contributed by atoms with Crippen LogP contribution in [0.4, 0.5) is 0 Å². The third-order valence-corrected chi connectivity index (χ3v) is 6.60. The highest BCUT2D eigenvalue weighted by Crippen LogP contribution is 2.57. The Bertz CT molecular complexity index is 280. The lowest BCUT2D eigenvalue weighted by molar-refractivity contribution is -0.0690. The lowest BCUT2D eigenvalue weighted by atomic mass is 9.50. The van der Waals surface area contributed by atoms with E-state index in [4.69, 9.17) is 5.73 Å². The molecule has 0 spiro atoms. The number of hydrogen-bond donors (Lipinski definition) is 1. The maximum absolute atomic E-state index is 6.19. The number of rotatable bonds is 3. The molecule has 0 aromatic carbocycles. The predicted molar refractivity (Wildman–Crippen MR) is 74.2 cm³/mol. The summed E-state index contributed by atoms with van der Waals surface area (Å²) >= 11 is 0. The van der Waals surface area contributed by atoms with Crippen molar-refractivity contribution in [3.8, 4) is 0 Å². The summed E-state index contributed by atoms with van der Waals surface area (Å²) in [6, 6.07) is 0.725. The largest absolute Gasteiger partial charge is 0.329 e. The van der Waals surface area contributed by atoms with Crippen LogP contribution < -0.4 is 5.73 Å². The van der Waals surface area contributed by atoms with E-state index in [9.17, 15) is 0 Å². The zero-order valence-electron chi connectivity index (χ0n) is 11.6. The Morgan fingerprint density at radius 3 is 1.94 bits per heavy atom. The lowest BCUT2D eigenvalue weighted by Crippen LogP contribution is -2.55. The van der Waals surface area contributed by atoms with Crippen molar-refractivity contribution < 1.29 is 0 Å². The molecule has 1 unspecified atom stereocenters. The van der Waals surface area contributed by atoms with E-state index in [0.717, 1.165) is 42.2 Å². The molecule has 1 atom stereocenters. The fraction of sp³-hybridized carbons (Fsp3) is 1.00. The van der Waals surface area contributed by atoms with Gasteiger partial charge in [0.05, 0.1) is 0 Å². The van der Waals surface area contributed by atoms with E-state index in [0.29, 0.717) is 0 Å². The molecule has 5 fully saturated rings. The molecular formula is C16H28N2. The molecule has 0 aromatic rings. The normalized spacial score (nSPS) is 48.8. The second-order valence-corrected chi connectivity index (χ2v) is 7.55. The van der Waals surface area contributed by atoms with Crippen molar-refractivity contribution in [2.75, 3.05) is 19.6 Å². The Balaban J connectivity index is 1.55. The van der Waals surface area contributed by atoms with Gasteiger partial charge in [0.1, 0.15) is 0 Å². The fourth-order valence-electron chi connectivity index (χ4n) is 6.22. The first-order valence-electron chi connectivity index (χ1n) is 8.29. The fourth-order valence-corrected chi connectivity index (χ4v) is 6.22. The van der Waals surface area contributed by atoms with Crippen molar-refractivity contribution in [2.24, 2.45) is 35.3 Å². The van der Waals surface area contributed by atoms with Gasteiger partial charge in [-0.05, 0) is 87.6 Å². The van der Waals surface area contributed by atoms with E-state index in [1.54, 1.807) is 32.1 Å². The summed E-state index contributed by atoms with van der Waals surface area (Å²) in [5.74, 6) is 5.23. The van der Waals surface area contributed by atoms with Crippen LogP contribution in [-0.2, 0) is 0 Å². The van der Waals surface area contributed by atoms with E-state index in [1.165, 1.54) is 25.9 Å². The highest BCUT2D eigenvalue weighted by Gasteiger charge is 2.51. The van der Waals surface area contributed by atoms with Crippen molar-refractivity contribution in [1.29, 1.82) is 0 Å². The minimum atomic E-state index is 0.725. The van der Waals surface area contributed by atoms with Crippen molar-refractivity contribution in [3.63, 3.8) is 0 Å². The molecule has 2 nitrogen and oxygen atoms in total. The van der Waals surface area contributed by atoms with Crippen LogP contribution in [0.5, 0.6) is 0 Å². The zero-order valence-corrected chi connectivity index (χ0v) is 11.6. The van der Waals surface area contributed by atoms with Crippen LogP contribution >= 0.6 is 0 Å². The quantitative estimate of drug-likeness (QED) is 0.831. The van der Waals surface area contributed by atoms with Crippen LogP contribution in [0.2, 0.25) is 0 Å². The van der Waals surface area contributed by atoms with Crippen LogP contribution in [0, 0.1) is 29.6 Å². The van der Waals surface area contributed by atoms with Gasteiger partial charge in [0.15, 0.2) is 0 Å². The van der Waals surface area contributed by atoms with Gasteiger partial charge in [-0.25, -0.2) is 0 Å². The molecule has 1 heterocycles. The predicted octanol–water partition coefficient (Wildman–Crippen LogP) is 2.48.